The molecule has 0 bridgehead atoms. The number of aromatic nitrogens is 1. The molecule has 1 aliphatic carbocycles. The third-order valence-corrected chi connectivity index (χ3v) is 3.76. The van der Waals surface area contributed by atoms with Crippen LogP contribution in [0.3, 0.4) is 0 Å². The van der Waals surface area contributed by atoms with Crippen molar-refractivity contribution in [2.24, 2.45) is 5.92 Å². The molecule has 1 aliphatic rings. The number of carbonyl (C=O) groups is 2. The van der Waals surface area contributed by atoms with Crippen molar-refractivity contribution >= 4 is 17.7 Å². The van der Waals surface area contributed by atoms with Gasteiger partial charge in [-0.15, -0.1) is 0 Å². The number of urea groups is 1. The van der Waals surface area contributed by atoms with Gasteiger partial charge in [0.05, 0.1) is 24.9 Å². The SMILES string of the molecule is COC(=O)[C@@H]1CCCCC[C@H]1NC(=O)Nc1cccnc1. The van der Waals surface area contributed by atoms with Gasteiger partial charge in [0.15, 0.2) is 0 Å². The van der Waals surface area contributed by atoms with Crippen molar-refractivity contribution in [3.8, 4) is 0 Å². The highest BCUT2D eigenvalue weighted by Crippen LogP contribution is 2.24. The van der Waals surface area contributed by atoms with E-state index in [1.54, 1.807) is 24.5 Å². The number of pyridine rings is 1. The number of rotatable bonds is 3. The number of anilines is 1. The Morgan fingerprint density at radius 1 is 1.29 bits per heavy atom. The number of esters is 1. The fourth-order valence-electron chi connectivity index (χ4n) is 2.69. The predicted molar refractivity (Wildman–Crippen MR) is 78.8 cm³/mol. The average Bonchev–Trinajstić information content (AvgIpc) is 2.73. The number of nitrogens with one attached hydrogen (secondary N) is 2. The molecule has 2 rings (SSSR count). The first-order valence-electron chi connectivity index (χ1n) is 7.26. The van der Waals surface area contributed by atoms with E-state index in [2.05, 4.69) is 15.6 Å². The van der Waals surface area contributed by atoms with Crippen LogP contribution in [0.2, 0.25) is 0 Å². The molecule has 2 N–H and O–H groups in total. The Balaban J connectivity index is 1.97. The molecule has 114 valence electrons. The van der Waals surface area contributed by atoms with Gasteiger partial charge in [-0.05, 0) is 25.0 Å². The Morgan fingerprint density at radius 3 is 2.81 bits per heavy atom. The predicted octanol–water partition coefficient (Wildman–Crippen LogP) is 2.33. The van der Waals surface area contributed by atoms with E-state index in [-0.39, 0.29) is 24.0 Å². The highest BCUT2D eigenvalue weighted by molar-refractivity contribution is 5.89. The fourth-order valence-corrected chi connectivity index (χ4v) is 2.69. The minimum absolute atomic E-state index is 0.184. The van der Waals surface area contributed by atoms with Crippen LogP contribution >= 0.6 is 0 Å². The monoisotopic (exact) mass is 291 g/mol. The molecule has 0 aliphatic heterocycles. The first-order valence-corrected chi connectivity index (χ1v) is 7.26. The van der Waals surface area contributed by atoms with Crippen molar-refractivity contribution in [3.63, 3.8) is 0 Å². The van der Waals surface area contributed by atoms with E-state index in [4.69, 9.17) is 4.74 Å². The molecule has 0 aromatic carbocycles. The summed E-state index contributed by atoms with van der Waals surface area (Å²) in [5, 5.41) is 5.62. The maximum atomic E-state index is 12.0. The molecule has 1 aromatic rings. The topological polar surface area (TPSA) is 80.3 Å². The summed E-state index contributed by atoms with van der Waals surface area (Å²) in [6.07, 6.45) is 7.83. The summed E-state index contributed by atoms with van der Waals surface area (Å²) >= 11 is 0. The summed E-state index contributed by atoms with van der Waals surface area (Å²) < 4.78 is 4.85. The highest BCUT2D eigenvalue weighted by atomic mass is 16.5. The minimum atomic E-state index is -0.316. The molecule has 6 nitrogen and oxygen atoms in total. The molecule has 0 saturated heterocycles. The third kappa shape index (κ3) is 4.44. The standard InChI is InChI=1S/C15H21N3O3/c1-21-14(19)12-7-3-2-4-8-13(12)18-15(20)17-11-6-5-9-16-10-11/h5-6,9-10,12-13H,2-4,7-8H2,1H3,(H2,17,18,20)/t12-,13-/m1/s1. The van der Waals surface area contributed by atoms with Gasteiger partial charge in [0.1, 0.15) is 0 Å². The second-order valence-corrected chi connectivity index (χ2v) is 5.21. The summed E-state index contributed by atoms with van der Waals surface area (Å²) in [5.74, 6) is -0.513. The summed E-state index contributed by atoms with van der Waals surface area (Å²) in [6, 6.07) is 3.01. The van der Waals surface area contributed by atoms with E-state index in [0.29, 0.717) is 5.69 Å². The first kappa shape index (κ1) is 15.3. The van der Waals surface area contributed by atoms with E-state index in [1.165, 1.54) is 7.11 Å². The number of hydrogen-bond acceptors (Lipinski definition) is 4. The summed E-state index contributed by atoms with van der Waals surface area (Å²) in [6.45, 7) is 0. The summed E-state index contributed by atoms with van der Waals surface area (Å²) in [7, 11) is 1.39. The smallest absolute Gasteiger partial charge is 0.319 e. The van der Waals surface area contributed by atoms with Gasteiger partial charge in [-0.25, -0.2) is 4.79 Å². The van der Waals surface area contributed by atoms with Crippen LogP contribution in [0.15, 0.2) is 24.5 Å². The van der Waals surface area contributed by atoms with Crippen molar-refractivity contribution < 1.29 is 14.3 Å². The second-order valence-electron chi connectivity index (χ2n) is 5.21. The van der Waals surface area contributed by atoms with Gasteiger partial charge >= 0.3 is 12.0 Å². The lowest BCUT2D eigenvalue weighted by Gasteiger charge is -2.24. The molecule has 1 saturated carbocycles. The molecule has 6 heteroatoms. The molecule has 0 radical (unpaired) electrons. The number of carbonyl (C=O) groups excluding carboxylic acids is 2. The van der Waals surface area contributed by atoms with Gasteiger partial charge in [0, 0.05) is 12.2 Å². The van der Waals surface area contributed by atoms with Crippen molar-refractivity contribution in [1.29, 1.82) is 0 Å². The molecular weight excluding hydrogens is 270 g/mol. The Morgan fingerprint density at radius 2 is 2.10 bits per heavy atom. The van der Waals surface area contributed by atoms with Crippen LogP contribution < -0.4 is 10.6 Å². The lowest BCUT2D eigenvalue weighted by molar-refractivity contribution is -0.146. The fraction of sp³-hybridized carbons (Fsp3) is 0.533. The molecule has 0 spiro atoms. The minimum Gasteiger partial charge on any atom is -0.469 e. The second kappa shape index (κ2) is 7.61. The molecular formula is C15H21N3O3. The molecule has 1 fully saturated rings. The number of ether oxygens (including phenoxy) is 1. The van der Waals surface area contributed by atoms with Crippen molar-refractivity contribution in [2.75, 3.05) is 12.4 Å². The summed E-state index contributed by atoms with van der Waals surface area (Å²) in [5.41, 5.74) is 0.623. The normalized spacial score (nSPS) is 22.0. The zero-order chi connectivity index (χ0) is 15.1. The van der Waals surface area contributed by atoms with Crippen LogP contribution in [-0.4, -0.2) is 30.1 Å². The van der Waals surface area contributed by atoms with Crippen LogP contribution in [0.25, 0.3) is 0 Å². The van der Waals surface area contributed by atoms with Gasteiger partial charge in [0.25, 0.3) is 0 Å². The van der Waals surface area contributed by atoms with E-state index < -0.39 is 0 Å². The van der Waals surface area contributed by atoms with Gasteiger partial charge in [0.2, 0.25) is 0 Å². The largest absolute Gasteiger partial charge is 0.469 e. The van der Waals surface area contributed by atoms with E-state index in [9.17, 15) is 9.59 Å². The third-order valence-electron chi connectivity index (χ3n) is 3.76. The number of methoxy groups -OCH3 is 1. The molecule has 0 unspecified atom stereocenters. The zero-order valence-electron chi connectivity index (χ0n) is 12.2. The van der Waals surface area contributed by atoms with E-state index >= 15 is 0 Å². The maximum absolute atomic E-state index is 12.0. The quantitative estimate of drug-likeness (QED) is 0.661. The van der Waals surface area contributed by atoms with Crippen molar-refractivity contribution in [3.05, 3.63) is 24.5 Å². The van der Waals surface area contributed by atoms with Crippen molar-refractivity contribution in [2.45, 2.75) is 38.1 Å². The Bertz CT molecular complexity index is 478. The van der Waals surface area contributed by atoms with E-state index in [0.717, 1.165) is 32.1 Å². The molecule has 1 aromatic heterocycles. The average molecular weight is 291 g/mol. The lowest BCUT2D eigenvalue weighted by Crippen LogP contribution is -2.45. The number of amides is 2. The number of hydrogen-bond donors (Lipinski definition) is 2. The van der Waals surface area contributed by atoms with Gasteiger partial charge < -0.3 is 15.4 Å². The highest BCUT2D eigenvalue weighted by Gasteiger charge is 2.31. The van der Waals surface area contributed by atoms with Gasteiger partial charge in [-0.3, -0.25) is 9.78 Å². The lowest BCUT2D eigenvalue weighted by atomic mass is 9.95. The maximum Gasteiger partial charge on any atom is 0.319 e. The zero-order valence-corrected chi connectivity index (χ0v) is 12.2. The van der Waals surface area contributed by atoms with Crippen LogP contribution in [0, 0.1) is 5.92 Å². The number of nitrogens with zero attached hydrogens (tertiary/aromatic N) is 1. The van der Waals surface area contributed by atoms with Crippen LogP contribution in [0.5, 0.6) is 0 Å². The van der Waals surface area contributed by atoms with E-state index in [1.807, 2.05) is 0 Å². The molecule has 21 heavy (non-hydrogen) atoms. The Kier molecular flexibility index (Phi) is 5.54. The van der Waals surface area contributed by atoms with Crippen LogP contribution in [0.1, 0.15) is 32.1 Å². The molecule has 2 atom stereocenters. The van der Waals surface area contributed by atoms with Crippen LogP contribution in [-0.2, 0) is 9.53 Å². The Hall–Kier alpha value is -2.11. The first-order chi connectivity index (χ1) is 10.2. The van der Waals surface area contributed by atoms with Crippen molar-refractivity contribution in [1.82, 2.24) is 10.3 Å². The van der Waals surface area contributed by atoms with Gasteiger partial charge in [-0.1, -0.05) is 19.3 Å². The Labute approximate surface area is 124 Å². The van der Waals surface area contributed by atoms with Crippen LogP contribution in [0.4, 0.5) is 10.5 Å². The summed E-state index contributed by atoms with van der Waals surface area (Å²) in [4.78, 5) is 27.9. The van der Waals surface area contributed by atoms with Gasteiger partial charge in [-0.2, -0.15) is 0 Å². The molecule has 2 amide bonds. The molecule has 1 heterocycles.